The maximum absolute atomic E-state index is 3.66. The standard InChI is InChI=1S/C34H28N2Si.2ClH.Ti/c1-35-27-19-11-9-17-25(27)29-31(35)21-13-5-7-15-23(21)33(29)37(3,4)34-24-16-8-6-14-22(24)32-30(34)26-18-10-12-20-28(26)36(32)2;;;/h5-16,19-20,33-34H,1-4H3;2*1H;/q-2;;;+4/p-2. The van der Waals surface area contributed by atoms with Crippen LogP contribution in [0.1, 0.15) is 33.3 Å². The number of rotatable bonds is 2. The van der Waals surface area contributed by atoms with E-state index in [2.05, 4.69) is 133 Å². The molecule has 0 N–H and O–H groups in total. The van der Waals surface area contributed by atoms with Gasteiger partial charge in [0.1, 0.15) is 0 Å². The molecule has 0 fully saturated rings. The van der Waals surface area contributed by atoms with Crippen LogP contribution in [0.4, 0.5) is 0 Å². The molecule has 0 amide bonds. The molecule has 6 aromatic rings. The van der Waals surface area contributed by atoms with Gasteiger partial charge in [0.15, 0.2) is 0 Å². The summed E-state index contributed by atoms with van der Waals surface area (Å²) in [6, 6.07) is 38.5. The minimum Gasteiger partial charge on any atom is -1.00 e. The van der Waals surface area contributed by atoms with Crippen LogP contribution < -0.4 is 24.8 Å². The Morgan fingerprint density at radius 1 is 0.600 bits per heavy atom. The average molecular weight is 611 g/mol. The zero-order valence-electron chi connectivity index (χ0n) is 22.9. The Labute approximate surface area is 264 Å². The number of benzene rings is 4. The van der Waals surface area contributed by atoms with Crippen LogP contribution in [0.3, 0.4) is 0 Å². The van der Waals surface area contributed by atoms with E-state index in [1.54, 1.807) is 0 Å². The van der Waals surface area contributed by atoms with Crippen LogP contribution in [0.2, 0.25) is 13.1 Å². The number of hydrogen-bond donors (Lipinski definition) is 0. The molecule has 2 aliphatic rings. The van der Waals surface area contributed by atoms with Crippen molar-refractivity contribution in [3.8, 4) is 22.5 Å². The molecule has 2 atom stereocenters. The monoisotopic (exact) mass is 610 g/mol. The second-order valence-electron chi connectivity index (χ2n) is 11.4. The minimum absolute atomic E-state index is 0. The third-order valence-corrected chi connectivity index (χ3v) is 13.4. The number of aryl methyl sites for hydroxylation is 2. The molecule has 0 aliphatic heterocycles. The summed E-state index contributed by atoms with van der Waals surface area (Å²) in [4.78, 5) is 0. The van der Waals surface area contributed by atoms with Crippen LogP contribution >= 0.6 is 0 Å². The first-order chi connectivity index (χ1) is 18.0. The summed E-state index contributed by atoms with van der Waals surface area (Å²) in [5, 5.41) is 2.58. The molecule has 2 unspecified atom stereocenters. The first-order valence-corrected chi connectivity index (χ1v) is 16.3. The van der Waals surface area contributed by atoms with E-state index in [4.69, 9.17) is 0 Å². The summed E-state index contributed by atoms with van der Waals surface area (Å²) in [6.07, 6.45) is 0. The van der Waals surface area contributed by atoms with Gasteiger partial charge in [0.05, 0.1) is 8.07 Å². The summed E-state index contributed by atoms with van der Waals surface area (Å²) in [6.45, 7) is 5.26. The van der Waals surface area contributed by atoms with Crippen molar-refractivity contribution in [1.82, 2.24) is 9.13 Å². The summed E-state index contributed by atoms with van der Waals surface area (Å²) in [5.41, 5.74) is 14.8. The molecule has 2 nitrogen and oxygen atoms in total. The molecular weight excluding hydrogens is 583 g/mol. The maximum atomic E-state index is 3.66. The second-order valence-corrected chi connectivity index (χ2v) is 16.2. The van der Waals surface area contributed by atoms with Crippen molar-refractivity contribution in [3.63, 3.8) is 0 Å². The SMILES string of the molecule is Cn1c2c(c3[c-]cccc31)C([Si](C)(C)C1c3ccccc3-c3c1c1[c-]cccc1n3C)c1ccccc1-2.[Cl-].[Cl-].[Ti+4]. The third kappa shape index (κ3) is 3.52. The summed E-state index contributed by atoms with van der Waals surface area (Å²) < 4.78 is 4.81. The Hall–Kier alpha value is -2.53. The van der Waals surface area contributed by atoms with Crippen molar-refractivity contribution in [2.45, 2.75) is 24.2 Å². The van der Waals surface area contributed by atoms with Crippen molar-refractivity contribution in [3.05, 3.63) is 119 Å². The van der Waals surface area contributed by atoms with E-state index in [-0.39, 0.29) is 46.5 Å². The predicted molar refractivity (Wildman–Crippen MR) is 156 cm³/mol. The van der Waals surface area contributed by atoms with Crippen molar-refractivity contribution >= 4 is 29.9 Å². The van der Waals surface area contributed by atoms with Gasteiger partial charge in [0.2, 0.25) is 0 Å². The van der Waals surface area contributed by atoms with Gasteiger partial charge in [-0.05, 0) is 44.4 Å². The van der Waals surface area contributed by atoms with Gasteiger partial charge in [0, 0.05) is 25.5 Å². The Kier molecular flexibility index (Phi) is 7.30. The molecule has 0 saturated heterocycles. The van der Waals surface area contributed by atoms with Crippen LogP contribution in [0.25, 0.3) is 44.3 Å². The number of halogens is 2. The summed E-state index contributed by atoms with van der Waals surface area (Å²) >= 11 is 0. The van der Waals surface area contributed by atoms with E-state index in [0.29, 0.717) is 11.1 Å². The van der Waals surface area contributed by atoms with Gasteiger partial charge in [0.25, 0.3) is 0 Å². The Morgan fingerprint density at radius 2 is 1.00 bits per heavy atom. The fourth-order valence-electron chi connectivity index (χ4n) is 7.85. The molecule has 0 saturated carbocycles. The van der Waals surface area contributed by atoms with Gasteiger partial charge < -0.3 is 33.9 Å². The van der Waals surface area contributed by atoms with Gasteiger partial charge >= 0.3 is 21.7 Å². The van der Waals surface area contributed by atoms with Crippen LogP contribution in [0, 0.1) is 12.1 Å². The molecule has 0 spiro atoms. The quantitative estimate of drug-likeness (QED) is 0.210. The van der Waals surface area contributed by atoms with E-state index >= 15 is 0 Å². The van der Waals surface area contributed by atoms with Crippen molar-refractivity contribution in [2.24, 2.45) is 14.1 Å². The zero-order chi connectivity index (χ0) is 25.1. The minimum atomic E-state index is -2.12. The van der Waals surface area contributed by atoms with Gasteiger partial charge in [-0.2, -0.15) is 0 Å². The molecule has 4 aromatic carbocycles. The van der Waals surface area contributed by atoms with E-state index in [9.17, 15) is 0 Å². The number of fused-ring (bicyclic) bond motifs is 10. The largest absolute Gasteiger partial charge is 4.00 e. The first kappa shape index (κ1) is 29.0. The molecule has 0 radical (unpaired) electrons. The van der Waals surface area contributed by atoms with Crippen LogP contribution in [0.15, 0.2) is 84.9 Å². The van der Waals surface area contributed by atoms with Crippen LogP contribution in [-0.2, 0) is 35.8 Å². The molecule has 196 valence electrons. The van der Waals surface area contributed by atoms with Gasteiger partial charge in [-0.15, -0.1) is 59.3 Å². The number of aromatic nitrogens is 2. The molecule has 40 heavy (non-hydrogen) atoms. The van der Waals surface area contributed by atoms with E-state index in [0.717, 1.165) is 0 Å². The fraction of sp³-hybridized carbons (Fsp3) is 0.176. The smallest absolute Gasteiger partial charge is 1.00 e. The van der Waals surface area contributed by atoms with Crippen LogP contribution in [-0.4, -0.2) is 17.2 Å². The van der Waals surface area contributed by atoms with Gasteiger partial charge in [-0.25, -0.2) is 0 Å². The second kappa shape index (κ2) is 10.1. The average Bonchev–Trinajstić information content (AvgIpc) is 3.62. The van der Waals surface area contributed by atoms with E-state index < -0.39 is 8.07 Å². The topological polar surface area (TPSA) is 9.86 Å². The summed E-state index contributed by atoms with van der Waals surface area (Å²) in [7, 11) is 2.34. The number of nitrogens with zero attached hydrogens (tertiary/aromatic N) is 2. The van der Waals surface area contributed by atoms with Crippen molar-refractivity contribution in [1.29, 1.82) is 0 Å². The fourth-order valence-corrected chi connectivity index (χ4v) is 12.3. The third-order valence-electron chi connectivity index (χ3n) is 9.23. The first-order valence-electron chi connectivity index (χ1n) is 13.2. The molecule has 2 aromatic heterocycles. The predicted octanol–water partition coefficient (Wildman–Crippen LogP) is 1.99. The van der Waals surface area contributed by atoms with Crippen molar-refractivity contribution < 1.29 is 46.5 Å². The molecule has 8 rings (SSSR count). The van der Waals surface area contributed by atoms with Crippen LogP contribution in [0.5, 0.6) is 0 Å². The van der Waals surface area contributed by atoms with E-state index in [1.807, 2.05) is 0 Å². The molecule has 0 bridgehead atoms. The van der Waals surface area contributed by atoms with Gasteiger partial charge in [-0.1, -0.05) is 72.8 Å². The van der Waals surface area contributed by atoms with Crippen molar-refractivity contribution in [2.75, 3.05) is 0 Å². The Bertz CT molecular complexity index is 1780. The zero-order valence-corrected chi connectivity index (χ0v) is 27.0. The molecular formula is C34H28Cl2N2SiTi. The Balaban J connectivity index is 0.00000108. The normalized spacial score (nSPS) is 16.4. The number of hydrogen-bond acceptors (Lipinski definition) is 0. The Morgan fingerprint density at radius 3 is 1.43 bits per heavy atom. The summed E-state index contributed by atoms with van der Waals surface area (Å²) in [5.74, 6) is 0. The maximum Gasteiger partial charge on any atom is 4.00 e. The molecule has 6 heteroatoms. The molecule has 2 heterocycles. The van der Waals surface area contributed by atoms with E-state index in [1.165, 1.54) is 66.6 Å². The molecule has 2 aliphatic carbocycles. The van der Waals surface area contributed by atoms with Gasteiger partial charge in [-0.3, -0.25) is 0 Å².